The molecule has 1 aromatic heterocycles. The molecule has 0 bridgehead atoms. The molecule has 1 saturated heterocycles. The maximum Gasteiger partial charge on any atom is 0.226 e. The molecular formula is C15H19Cl2N3O. The number of halogens is 2. The van der Waals surface area contributed by atoms with Gasteiger partial charge in [-0.15, -0.1) is 12.4 Å². The minimum atomic E-state index is 0. The van der Waals surface area contributed by atoms with Crippen LogP contribution in [0.5, 0.6) is 0 Å². The van der Waals surface area contributed by atoms with Crippen LogP contribution < -0.4 is 5.32 Å². The first-order valence-electron chi connectivity index (χ1n) is 6.84. The second kappa shape index (κ2) is 7.27. The van der Waals surface area contributed by atoms with Crippen molar-refractivity contribution in [2.75, 3.05) is 20.1 Å². The van der Waals surface area contributed by atoms with Crippen LogP contribution in [0.25, 0.3) is 11.5 Å². The summed E-state index contributed by atoms with van der Waals surface area (Å²) in [6.07, 6.45) is 2.93. The smallest absolute Gasteiger partial charge is 0.226 e. The molecule has 1 atom stereocenters. The predicted octanol–water partition coefficient (Wildman–Crippen LogP) is 3.21. The first-order valence-corrected chi connectivity index (χ1v) is 7.22. The van der Waals surface area contributed by atoms with Gasteiger partial charge in [0.15, 0.2) is 0 Å². The van der Waals surface area contributed by atoms with Gasteiger partial charge in [-0.2, -0.15) is 0 Å². The molecule has 0 amide bonds. The monoisotopic (exact) mass is 327 g/mol. The van der Waals surface area contributed by atoms with Crippen LogP contribution in [0.15, 0.2) is 34.9 Å². The lowest BCUT2D eigenvalue weighted by Crippen LogP contribution is -2.29. The van der Waals surface area contributed by atoms with Gasteiger partial charge in [0.2, 0.25) is 5.89 Å². The molecule has 4 nitrogen and oxygen atoms in total. The predicted molar refractivity (Wildman–Crippen MR) is 86.9 cm³/mol. The van der Waals surface area contributed by atoms with Gasteiger partial charge in [0.05, 0.1) is 5.69 Å². The molecule has 3 rings (SSSR count). The van der Waals surface area contributed by atoms with E-state index in [1.54, 1.807) is 6.26 Å². The summed E-state index contributed by atoms with van der Waals surface area (Å²) >= 11 is 5.99. The molecule has 1 N–H and O–H groups in total. The van der Waals surface area contributed by atoms with Gasteiger partial charge in [-0.3, -0.25) is 4.90 Å². The summed E-state index contributed by atoms with van der Waals surface area (Å²) < 4.78 is 5.56. The molecule has 1 aromatic carbocycles. The molecule has 0 radical (unpaired) electrons. The number of oxazole rings is 1. The van der Waals surface area contributed by atoms with Gasteiger partial charge >= 0.3 is 0 Å². The fourth-order valence-electron chi connectivity index (χ4n) is 2.57. The number of nitrogens with zero attached hydrogens (tertiary/aromatic N) is 2. The van der Waals surface area contributed by atoms with E-state index < -0.39 is 0 Å². The van der Waals surface area contributed by atoms with E-state index in [1.807, 2.05) is 31.3 Å². The summed E-state index contributed by atoms with van der Waals surface area (Å²) in [7, 11) is 2.02. The molecule has 21 heavy (non-hydrogen) atoms. The van der Waals surface area contributed by atoms with Crippen LogP contribution in [-0.4, -0.2) is 36.1 Å². The van der Waals surface area contributed by atoms with Crippen molar-refractivity contribution in [3.63, 3.8) is 0 Å². The average molecular weight is 328 g/mol. The van der Waals surface area contributed by atoms with E-state index in [4.69, 9.17) is 16.0 Å². The van der Waals surface area contributed by atoms with Crippen molar-refractivity contribution in [2.45, 2.75) is 19.0 Å². The Labute approximate surface area is 135 Å². The van der Waals surface area contributed by atoms with Crippen molar-refractivity contribution in [1.82, 2.24) is 15.2 Å². The number of benzene rings is 1. The highest BCUT2D eigenvalue weighted by Gasteiger charge is 2.21. The quantitative estimate of drug-likeness (QED) is 0.936. The van der Waals surface area contributed by atoms with Crippen LogP contribution in [0.1, 0.15) is 12.1 Å². The zero-order valence-electron chi connectivity index (χ0n) is 11.9. The van der Waals surface area contributed by atoms with Gasteiger partial charge in [-0.1, -0.05) is 17.7 Å². The summed E-state index contributed by atoms with van der Waals surface area (Å²) in [4.78, 5) is 6.94. The molecule has 1 aliphatic heterocycles. The van der Waals surface area contributed by atoms with Crippen molar-refractivity contribution in [1.29, 1.82) is 0 Å². The van der Waals surface area contributed by atoms with Gasteiger partial charge in [0.1, 0.15) is 6.26 Å². The number of hydrogen-bond donors (Lipinski definition) is 1. The molecule has 0 spiro atoms. The van der Waals surface area contributed by atoms with E-state index in [0.717, 1.165) is 30.9 Å². The molecule has 1 fully saturated rings. The Balaban J connectivity index is 0.00000161. The molecule has 0 saturated carbocycles. The topological polar surface area (TPSA) is 41.3 Å². The highest BCUT2D eigenvalue weighted by Crippen LogP contribution is 2.23. The number of likely N-dealkylation sites (N-methyl/N-ethyl adjacent to an activating group) is 1. The van der Waals surface area contributed by atoms with Crippen molar-refractivity contribution in [3.05, 3.63) is 41.2 Å². The summed E-state index contributed by atoms with van der Waals surface area (Å²) in [5, 5.41) is 4.01. The molecule has 6 heteroatoms. The Hall–Kier alpha value is -1.07. The first kappa shape index (κ1) is 16.3. The normalized spacial score (nSPS) is 18.7. The van der Waals surface area contributed by atoms with E-state index in [9.17, 15) is 0 Å². The third-order valence-corrected chi connectivity index (χ3v) is 3.92. The van der Waals surface area contributed by atoms with Crippen LogP contribution in [0.4, 0.5) is 0 Å². The number of hydrogen-bond acceptors (Lipinski definition) is 4. The summed E-state index contributed by atoms with van der Waals surface area (Å²) in [6, 6.07) is 8.16. The Bertz CT molecular complexity index is 588. The molecule has 2 aromatic rings. The Morgan fingerprint density at radius 1 is 1.48 bits per heavy atom. The number of nitrogens with one attached hydrogen (secondary N) is 1. The lowest BCUT2D eigenvalue weighted by atomic mass is 10.2. The van der Waals surface area contributed by atoms with Gasteiger partial charge in [0.25, 0.3) is 0 Å². The van der Waals surface area contributed by atoms with Crippen molar-refractivity contribution >= 4 is 24.0 Å². The van der Waals surface area contributed by atoms with Gasteiger partial charge in [-0.05, 0) is 31.7 Å². The van der Waals surface area contributed by atoms with E-state index in [-0.39, 0.29) is 12.4 Å². The zero-order chi connectivity index (χ0) is 13.9. The van der Waals surface area contributed by atoms with Crippen molar-refractivity contribution in [2.24, 2.45) is 0 Å². The summed E-state index contributed by atoms with van der Waals surface area (Å²) in [5.41, 5.74) is 1.88. The van der Waals surface area contributed by atoms with E-state index >= 15 is 0 Å². The minimum Gasteiger partial charge on any atom is -0.444 e. The maximum absolute atomic E-state index is 5.99. The third-order valence-electron chi connectivity index (χ3n) is 3.69. The highest BCUT2D eigenvalue weighted by atomic mass is 35.5. The average Bonchev–Trinajstić information content (AvgIpc) is 3.08. The van der Waals surface area contributed by atoms with Crippen LogP contribution in [0.3, 0.4) is 0 Å². The van der Waals surface area contributed by atoms with Crippen molar-refractivity contribution in [3.8, 4) is 11.5 Å². The molecule has 1 unspecified atom stereocenters. The standard InChI is InChI=1S/C15H18ClN3O.ClH/c1-17-13-5-6-19(8-13)9-14-10-20-15(18-14)11-3-2-4-12(16)7-11;/h2-4,7,10,13,17H,5-6,8-9H2,1H3;1H. The van der Waals surface area contributed by atoms with Gasteiger partial charge < -0.3 is 9.73 Å². The molecule has 1 aliphatic rings. The first-order chi connectivity index (χ1) is 9.74. The fraction of sp³-hybridized carbons (Fsp3) is 0.400. The summed E-state index contributed by atoms with van der Waals surface area (Å²) in [6.45, 7) is 3.00. The lowest BCUT2D eigenvalue weighted by molar-refractivity contribution is 0.318. The number of rotatable bonds is 4. The van der Waals surface area contributed by atoms with E-state index in [1.165, 1.54) is 6.42 Å². The molecular weight excluding hydrogens is 309 g/mol. The second-order valence-electron chi connectivity index (χ2n) is 5.16. The van der Waals surface area contributed by atoms with Crippen LogP contribution in [-0.2, 0) is 6.54 Å². The van der Waals surface area contributed by atoms with Crippen LogP contribution in [0.2, 0.25) is 5.02 Å². The SMILES string of the molecule is CNC1CCN(Cc2coc(-c3cccc(Cl)c3)n2)C1.Cl. The molecule has 2 heterocycles. The van der Waals surface area contributed by atoms with E-state index in [2.05, 4.69) is 15.2 Å². The molecule has 114 valence electrons. The maximum atomic E-state index is 5.99. The fourth-order valence-corrected chi connectivity index (χ4v) is 2.76. The third kappa shape index (κ3) is 3.98. The van der Waals surface area contributed by atoms with Crippen molar-refractivity contribution < 1.29 is 4.42 Å². The minimum absolute atomic E-state index is 0. The van der Waals surface area contributed by atoms with Gasteiger partial charge in [0, 0.05) is 36.3 Å². The Kier molecular flexibility index (Phi) is 5.65. The van der Waals surface area contributed by atoms with Gasteiger partial charge in [-0.25, -0.2) is 4.98 Å². The van der Waals surface area contributed by atoms with Crippen LogP contribution >= 0.6 is 24.0 Å². The van der Waals surface area contributed by atoms with E-state index in [0.29, 0.717) is 17.0 Å². The Morgan fingerprint density at radius 3 is 3.05 bits per heavy atom. The summed E-state index contributed by atoms with van der Waals surface area (Å²) in [5.74, 6) is 0.631. The molecule has 0 aliphatic carbocycles. The number of likely N-dealkylation sites (tertiary alicyclic amines) is 1. The Morgan fingerprint density at radius 2 is 2.33 bits per heavy atom. The number of aromatic nitrogens is 1. The highest BCUT2D eigenvalue weighted by molar-refractivity contribution is 6.30. The zero-order valence-corrected chi connectivity index (χ0v) is 13.5. The lowest BCUT2D eigenvalue weighted by Gasteiger charge is -2.13. The largest absolute Gasteiger partial charge is 0.444 e. The van der Waals surface area contributed by atoms with Crippen LogP contribution in [0, 0.1) is 0 Å². The second-order valence-corrected chi connectivity index (χ2v) is 5.60.